The second kappa shape index (κ2) is 13.8. The first-order valence-electron chi connectivity index (χ1n) is 16.3. The third-order valence-corrected chi connectivity index (χ3v) is 10.3. The summed E-state index contributed by atoms with van der Waals surface area (Å²) >= 11 is 0. The molecule has 50 heavy (non-hydrogen) atoms. The van der Waals surface area contributed by atoms with Crippen molar-refractivity contribution in [3.63, 3.8) is 0 Å². The second-order valence-corrected chi connectivity index (χ2v) is 13.7. The van der Waals surface area contributed by atoms with Crippen LogP contribution < -0.4 is 0 Å². The molecular weight excluding hydrogens is 660 g/mol. The summed E-state index contributed by atoms with van der Waals surface area (Å²) in [4.78, 5) is 92.9. The van der Waals surface area contributed by atoms with Crippen LogP contribution in [0, 0.1) is 23.2 Å². The van der Waals surface area contributed by atoms with Gasteiger partial charge in [-0.15, -0.1) is 0 Å². The van der Waals surface area contributed by atoms with Crippen LogP contribution >= 0.6 is 0 Å². The van der Waals surface area contributed by atoms with Crippen LogP contribution in [0.2, 0.25) is 0 Å². The van der Waals surface area contributed by atoms with Gasteiger partial charge in [-0.05, 0) is 32.4 Å². The molecule has 1 aliphatic heterocycles. The third kappa shape index (κ3) is 5.98. The normalized spacial score (nSPS) is 36.3. The van der Waals surface area contributed by atoms with Crippen LogP contribution in [0.4, 0.5) is 0 Å². The Labute approximate surface area is 288 Å². The van der Waals surface area contributed by atoms with E-state index in [-0.39, 0.29) is 12.0 Å². The van der Waals surface area contributed by atoms with E-state index in [9.17, 15) is 43.8 Å². The van der Waals surface area contributed by atoms with Crippen molar-refractivity contribution in [2.75, 3.05) is 13.2 Å². The summed E-state index contributed by atoms with van der Waals surface area (Å²) in [7, 11) is 0. The van der Waals surface area contributed by atoms with Gasteiger partial charge in [0.2, 0.25) is 0 Å². The molecule has 1 heterocycles. The lowest BCUT2D eigenvalue weighted by atomic mass is 9.43. The molecule has 0 amide bonds. The van der Waals surface area contributed by atoms with Crippen molar-refractivity contribution in [1.29, 1.82) is 0 Å². The highest BCUT2D eigenvalue weighted by Gasteiger charge is 2.90. The standard InChI is InChI=1S/C35H44O15/c1-9-17(2)25(40)23-27(47-19(4)37)30(49-21(6)39)34(16-45-18(3)36)29(48-20(5)38)26(41)24-28(42)35(34,33(23,8)44)50-32(24,7)15-46-31(43)22-13-11-10-12-14-22/h10-14,17,23-24,27-30,42,44H,9,15-16H2,1-8H3/t17-,23+,24-,27+,28-,29-,30+,32+,33+,34-,35+/m1/s1. The molecule has 15 nitrogen and oxygen atoms in total. The van der Waals surface area contributed by atoms with Gasteiger partial charge in [0.15, 0.2) is 24.1 Å². The van der Waals surface area contributed by atoms with E-state index >= 15 is 0 Å². The molecule has 1 aromatic carbocycles. The van der Waals surface area contributed by atoms with Gasteiger partial charge < -0.3 is 38.6 Å². The molecule has 0 aromatic heterocycles. The number of ketones is 2. The van der Waals surface area contributed by atoms with Gasteiger partial charge in [0.1, 0.15) is 41.2 Å². The summed E-state index contributed by atoms with van der Waals surface area (Å²) in [5, 5.41) is 25.4. The van der Waals surface area contributed by atoms with E-state index in [1.165, 1.54) is 19.1 Å². The lowest BCUT2D eigenvalue weighted by Crippen LogP contribution is -2.87. The highest BCUT2D eigenvalue weighted by molar-refractivity contribution is 5.94. The van der Waals surface area contributed by atoms with Gasteiger partial charge in [-0.2, -0.15) is 0 Å². The maximum absolute atomic E-state index is 14.7. The number of benzene rings is 1. The van der Waals surface area contributed by atoms with Crippen LogP contribution in [0.1, 0.15) is 72.2 Å². The Hall–Kier alpha value is -4.21. The minimum Gasteiger partial charge on any atom is -0.465 e. The molecule has 2 aliphatic carbocycles. The molecule has 1 spiro atoms. The highest BCUT2D eigenvalue weighted by Crippen LogP contribution is 2.69. The van der Waals surface area contributed by atoms with Crippen LogP contribution in [0.3, 0.4) is 0 Å². The molecule has 0 radical (unpaired) electrons. The van der Waals surface area contributed by atoms with Crippen LogP contribution in [-0.4, -0.2) is 106 Å². The van der Waals surface area contributed by atoms with Crippen molar-refractivity contribution in [1.82, 2.24) is 0 Å². The molecule has 1 saturated heterocycles. The fourth-order valence-corrected chi connectivity index (χ4v) is 8.17. The zero-order valence-electron chi connectivity index (χ0n) is 29.3. The fraction of sp³-hybridized carbons (Fsp3) is 0.629. The van der Waals surface area contributed by atoms with Gasteiger partial charge >= 0.3 is 29.8 Å². The van der Waals surface area contributed by atoms with Crippen LogP contribution in [0.25, 0.3) is 0 Å². The van der Waals surface area contributed by atoms with Crippen LogP contribution in [0.15, 0.2) is 30.3 Å². The molecule has 11 atom stereocenters. The predicted octanol–water partition coefficient (Wildman–Crippen LogP) is 1.27. The van der Waals surface area contributed by atoms with E-state index in [0.717, 1.165) is 34.6 Å². The van der Waals surface area contributed by atoms with E-state index < -0.39 is 119 Å². The summed E-state index contributed by atoms with van der Waals surface area (Å²) < 4.78 is 34.8. The number of rotatable bonds is 11. The van der Waals surface area contributed by atoms with Crippen molar-refractivity contribution in [3.05, 3.63) is 35.9 Å². The monoisotopic (exact) mass is 704 g/mol. The number of carbonyl (C=O) groups is 7. The van der Waals surface area contributed by atoms with Gasteiger partial charge in [-0.1, -0.05) is 32.0 Å². The summed E-state index contributed by atoms with van der Waals surface area (Å²) in [5.41, 5.74) is -9.82. The maximum atomic E-state index is 14.7. The molecule has 3 aliphatic rings. The summed E-state index contributed by atoms with van der Waals surface area (Å²) in [6, 6.07) is 7.83. The second-order valence-electron chi connectivity index (χ2n) is 13.7. The molecule has 3 fully saturated rings. The van der Waals surface area contributed by atoms with Gasteiger partial charge in [-0.25, -0.2) is 4.79 Å². The average molecular weight is 705 g/mol. The molecular formula is C35H44O15. The van der Waals surface area contributed by atoms with Crippen molar-refractivity contribution < 1.29 is 72.2 Å². The average Bonchev–Trinajstić information content (AvgIpc) is 3.24. The van der Waals surface area contributed by atoms with Crippen LogP contribution in [0.5, 0.6) is 0 Å². The minimum atomic E-state index is -2.69. The molecule has 274 valence electrons. The van der Waals surface area contributed by atoms with E-state index in [0.29, 0.717) is 0 Å². The Morgan fingerprint density at radius 1 is 0.860 bits per heavy atom. The number of aliphatic hydroxyl groups is 2. The first-order valence-corrected chi connectivity index (χ1v) is 16.3. The third-order valence-electron chi connectivity index (χ3n) is 10.3. The van der Waals surface area contributed by atoms with Gasteiger partial charge in [-0.3, -0.25) is 28.8 Å². The quantitative estimate of drug-likeness (QED) is 0.245. The SMILES string of the molecule is CC[C@@H](C)C(=O)[C@H]1[C@H](OC(C)=O)[C@H](OC(C)=O)[C@@]2(COC(C)=O)[C@H](OC(C)=O)C(=O)[C@@H]3[C@@H](O)[C@]2(O[C@@]3(C)COC(=O)c2ccccc2)[C@@]1(C)O. The number of ether oxygens (including phenoxy) is 6. The lowest BCUT2D eigenvalue weighted by molar-refractivity contribution is -0.364. The maximum Gasteiger partial charge on any atom is 0.338 e. The Morgan fingerprint density at radius 3 is 1.96 bits per heavy atom. The number of fused-ring (bicyclic) bond motifs is 1. The number of esters is 5. The molecule has 15 heteroatoms. The fourth-order valence-electron chi connectivity index (χ4n) is 8.17. The first-order chi connectivity index (χ1) is 23.2. The number of carbonyl (C=O) groups excluding carboxylic acids is 7. The van der Waals surface area contributed by atoms with E-state index in [4.69, 9.17) is 28.4 Å². The Bertz CT molecular complexity index is 1550. The molecule has 0 unspecified atom stereocenters. The first kappa shape index (κ1) is 38.6. The number of hydrogen-bond donors (Lipinski definition) is 2. The topological polar surface area (TPSA) is 215 Å². The number of hydrogen-bond acceptors (Lipinski definition) is 15. The van der Waals surface area contributed by atoms with Crippen molar-refractivity contribution in [2.45, 2.75) is 103 Å². The summed E-state index contributed by atoms with van der Waals surface area (Å²) in [5.74, 6) is -10.9. The van der Waals surface area contributed by atoms with Crippen LogP contribution in [-0.2, 0) is 57.2 Å². The smallest absolute Gasteiger partial charge is 0.338 e. The summed E-state index contributed by atoms with van der Waals surface area (Å²) in [6.45, 7) is 7.90. The van der Waals surface area contributed by atoms with Crippen molar-refractivity contribution in [3.8, 4) is 0 Å². The zero-order chi connectivity index (χ0) is 37.6. The van der Waals surface area contributed by atoms with Gasteiger partial charge in [0.05, 0.1) is 23.5 Å². The van der Waals surface area contributed by atoms with E-state index in [2.05, 4.69) is 0 Å². The van der Waals surface area contributed by atoms with Crippen molar-refractivity contribution in [2.24, 2.45) is 23.2 Å². The Balaban J connectivity index is 2.10. The molecule has 4 rings (SSSR count). The van der Waals surface area contributed by atoms with E-state index in [1.807, 2.05) is 0 Å². The van der Waals surface area contributed by atoms with Crippen molar-refractivity contribution >= 4 is 41.4 Å². The number of aliphatic hydroxyl groups excluding tert-OH is 1. The Kier molecular flexibility index (Phi) is 10.7. The van der Waals surface area contributed by atoms with Gasteiger partial charge in [0, 0.05) is 33.6 Å². The molecule has 2 saturated carbocycles. The van der Waals surface area contributed by atoms with E-state index in [1.54, 1.807) is 32.0 Å². The number of Topliss-reactive ketones (excluding diaryl/α,β-unsaturated/α-hetero) is 2. The molecule has 1 aromatic rings. The predicted molar refractivity (Wildman–Crippen MR) is 168 cm³/mol. The largest absolute Gasteiger partial charge is 0.465 e. The zero-order valence-corrected chi connectivity index (χ0v) is 29.3. The molecule has 2 N–H and O–H groups in total. The Morgan fingerprint density at radius 2 is 1.44 bits per heavy atom. The minimum absolute atomic E-state index is 0.145. The van der Waals surface area contributed by atoms with Gasteiger partial charge in [0.25, 0.3) is 0 Å². The molecule has 2 bridgehead atoms. The lowest BCUT2D eigenvalue weighted by Gasteiger charge is -2.66. The summed E-state index contributed by atoms with van der Waals surface area (Å²) in [6.07, 6.45) is -7.91. The highest BCUT2D eigenvalue weighted by atomic mass is 16.6.